The van der Waals surface area contributed by atoms with Gasteiger partial charge < -0.3 is 23.8 Å². The lowest BCUT2D eigenvalue weighted by Crippen LogP contribution is -2.54. The van der Waals surface area contributed by atoms with Gasteiger partial charge in [-0.1, -0.05) is 144 Å². The third kappa shape index (κ3) is 11.6. The summed E-state index contributed by atoms with van der Waals surface area (Å²) in [4.78, 5) is 12.5. The van der Waals surface area contributed by atoms with Gasteiger partial charge >= 0.3 is 5.97 Å². The summed E-state index contributed by atoms with van der Waals surface area (Å²) in [5, 5.41) is 20.6. The van der Waals surface area contributed by atoms with Gasteiger partial charge in [0.15, 0.2) is 0 Å². The zero-order valence-electron chi connectivity index (χ0n) is 35.3. The monoisotopic (exact) mass is 757 g/mol. The van der Waals surface area contributed by atoms with E-state index in [0.717, 1.165) is 25.7 Å². The number of carbonyl (C=O) groups is 1. The molecule has 2 aromatic rings. The second kappa shape index (κ2) is 21.3. The Labute approximate surface area is 320 Å². The van der Waals surface area contributed by atoms with Gasteiger partial charge in [0.2, 0.25) is 16.6 Å². The molecule has 1 aliphatic heterocycles. The van der Waals surface area contributed by atoms with Crippen LogP contribution < -0.4 is 0 Å². The van der Waals surface area contributed by atoms with Gasteiger partial charge in [-0.2, -0.15) is 0 Å². The van der Waals surface area contributed by atoms with Crippen LogP contribution in [0.1, 0.15) is 121 Å². The molecule has 0 radical (unpaired) electrons. The maximum atomic E-state index is 12.5. The van der Waals surface area contributed by atoms with Gasteiger partial charge in [0, 0.05) is 12.5 Å². The first-order valence-electron chi connectivity index (χ1n) is 20.3. The number of carbonyl (C=O) groups excluding carboxylic acids is 1. The van der Waals surface area contributed by atoms with Gasteiger partial charge in [-0.15, -0.1) is 0 Å². The predicted molar refractivity (Wildman–Crippen MR) is 223 cm³/mol. The first-order valence-corrected chi connectivity index (χ1v) is 24.6. The van der Waals surface area contributed by atoms with E-state index in [1.54, 1.807) is 6.92 Å². The highest BCUT2D eigenvalue weighted by atomic mass is 28.4. The number of hydrogen-bond acceptors (Lipinski definition) is 6. The van der Waals surface area contributed by atoms with Gasteiger partial charge in [-0.25, -0.2) is 0 Å². The number of ether oxygens (including phenoxy) is 1. The fourth-order valence-corrected chi connectivity index (χ4v) is 20.8. The minimum absolute atomic E-state index is 0.0428. The van der Waals surface area contributed by atoms with Crippen LogP contribution >= 0.6 is 0 Å². The summed E-state index contributed by atoms with van der Waals surface area (Å²) in [7, 11) is -4.16. The molecule has 0 bridgehead atoms. The number of hydrogen-bond donors (Lipinski definition) is 2. The van der Waals surface area contributed by atoms with Crippen molar-refractivity contribution in [1.82, 2.24) is 0 Å². The van der Waals surface area contributed by atoms with Crippen molar-refractivity contribution in [3.63, 3.8) is 0 Å². The number of aliphatic hydroxyl groups excluding tert-OH is 2. The maximum Gasteiger partial charge on any atom is 0.312 e. The third-order valence-electron chi connectivity index (χ3n) is 12.0. The summed E-state index contributed by atoms with van der Waals surface area (Å²) in [6.07, 6.45) is 2.18. The number of rotatable bonds is 19. The molecular formula is C44H76O6Si2. The van der Waals surface area contributed by atoms with E-state index in [1.165, 1.54) is 11.1 Å². The Balaban J connectivity index is 0.000000360. The van der Waals surface area contributed by atoms with Gasteiger partial charge in [-0.05, 0) is 83.9 Å². The topological polar surface area (TPSA) is 85.2 Å². The number of aryl methyl sites for hydroxylation is 2. The van der Waals surface area contributed by atoms with Crippen LogP contribution in [0.25, 0.3) is 0 Å². The van der Waals surface area contributed by atoms with Crippen LogP contribution in [0, 0.1) is 11.8 Å². The Kier molecular flexibility index (Phi) is 19.0. The van der Waals surface area contributed by atoms with Crippen molar-refractivity contribution in [2.24, 2.45) is 11.8 Å². The summed E-state index contributed by atoms with van der Waals surface area (Å²) in [5.74, 6) is -0.302. The molecule has 0 spiro atoms. The minimum atomic E-state index is -2.11. The molecule has 52 heavy (non-hydrogen) atoms. The molecule has 2 aromatic carbocycles. The Bertz CT molecular complexity index is 1240. The Hall–Kier alpha value is -1.82. The largest absolute Gasteiger partial charge is 0.460 e. The molecule has 1 heterocycles. The molecule has 0 saturated carbocycles. The van der Waals surface area contributed by atoms with Crippen molar-refractivity contribution in [3.05, 3.63) is 71.8 Å². The lowest BCUT2D eigenvalue weighted by atomic mass is 9.92. The van der Waals surface area contributed by atoms with E-state index >= 15 is 0 Å². The zero-order valence-corrected chi connectivity index (χ0v) is 37.3. The fraction of sp³-hybridized carbons (Fsp3) is 0.705. The van der Waals surface area contributed by atoms with Crippen molar-refractivity contribution < 1.29 is 28.6 Å². The molecule has 2 N–H and O–H groups in total. The molecular weight excluding hydrogens is 681 g/mol. The van der Waals surface area contributed by atoms with Crippen LogP contribution in [-0.2, 0) is 31.2 Å². The Morgan fingerprint density at radius 1 is 0.673 bits per heavy atom. The highest BCUT2D eigenvalue weighted by Gasteiger charge is 2.52. The lowest BCUT2D eigenvalue weighted by molar-refractivity contribution is -0.143. The summed E-state index contributed by atoms with van der Waals surface area (Å²) in [5.41, 5.74) is 5.39. The highest BCUT2D eigenvalue weighted by molar-refractivity contribution is 6.78. The van der Waals surface area contributed by atoms with E-state index in [9.17, 15) is 15.0 Å². The first kappa shape index (κ1) is 46.3. The first-order chi connectivity index (χ1) is 24.4. The molecule has 0 amide bonds. The Morgan fingerprint density at radius 2 is 1.10 bits per heavy atom. The average molecular weight is 757 g/mol. The standard InChI is InChI=1S/C22H36O3Si.C22H40O3Si/c1-15(2)26(16(3)4,17(5)6)25-21-18(7)24-22(23)20(21)14-13-19-11-9-8-10-12-19;1-16(2)26(17(3)4,18(5)6)25-22(19(7)24)21(15-23)14-13-20-11-9-8-10-12-20/h8-12,15-18,20-21H,13-14H2,1-7H3;8-12,16-19,21-24H,13-15H2,1-7H3/t18-,20+,21-;19-,21-,22-/m00/s1. The van der Waals surface area contributed by atoms with E-state index in [0.29, 0.717) is 33.2 Å². The summed E-state index contributed by atoms with van der Waals surface area (Å²) in [6.45, 7) is 31.1. The van der Waals surface area contributed by atoms with Crippen LogP contribution in [0.5, 0.6) is 0 Å². The van der Waals surface area contributed by atoms with Crippen LogP contribution in [0.4, 0.5) is 0 Å². The molecule has 0 aliphatic carbocycles. The van der Waals surface area contributed by atoms with E-state index in [4.69, 9.17) is 13.6 Å². The van der Waals surface area contributed by atoms with Gasteiger partial charge in [0.25, 0.3) is 0 Å². The zero-order chi connectivity index (χ0) is 39.4. The van der Waals surface area contributed by atoms with Crippen LogP contribution in [0.3, 0.4) is 0 Å². The van der Waals surface area contributed by atoms with Crippen LogP contribution in [0.2, 0.25) is 33.2 Å². The fourth-order valence-electron chi connectivity index (χ4n) is 9.46. The number of cyclic esters (lactones) is 1. The van der Waals surface area contributed by atoms with Gasteiger partial charge in [0.1, 0.15) is 6.10 Å². The second-order valence-electron chi connectivity index (χ2n) is 17.3. The third-order valence-corrected chi connectivity index (χ3v) is 24.2. The average Bonchev–Trinajstić information content (AvgIpc) is 3.34. The number of aliphatic hydroxyl groups is 2. The van der Waals surface area contributed by atoms with Crippen LogP contribution in [0.15, 0.2) is 60.7 Å². The molecule has 1 saturated heterocycles. The van der Waals surface area contributed by atoms with E-state index < -0.39 is 22.7 Å². The summed E-state index contributed by atoms with van der Waals surface area (Å²) in [6, 6.07) is 20.7. The van der Waals surface area contributed by atoms with E-state index in [1.807, 2.05) is 43.3 Å². The highest BCUT2D eigenvalue weighted by Crippen LogP contribution is 2.46. The molecule has 6 atom stereocenters. The van der Waals surface area contributed by atoms with Gasteiger partial charge in [-0.3, -0.25) is 4.79 Å². The second-order valence-corrected chi connectivity index (χ2v) is 28.1. The molecule has 1 fully saturated rings. The number of benzene rings is 2. The summed E-state index contributed by atoms with van der Waals surface area (Å²) >= 11 is 0. The van der Waals surface area contributed by atoms with Crippen molar-refractivity contribution in [2.45, 2.75) is 180 Å². The van der Waals surface area contributed by atoms with Crippen molar-refractivity contribution >= 4 is 22.6 Å². The van der Waals surface area contributed by atoms with Crippen LogP contribution in [-0.4, -0.2) is 63.8 Å². The smallest absolute Gasteiger partial charge is 0.312 e. The molecule has 8 heteroatoms. The number of esters is 1. The normalized spacial score (nSPS) is 20.1. The SMILES string of the molecule is CC(C)[Si](O[C@H]([C@H](CO)CCc1ccccc1)[C@H](C)O)(C(C)C)C(C)C.CC(C)[Si](O[C@H]1[C@H](C)OC(=O)[C@@H]1CCc1ccccc1)(C(C)C)C(C)C. The summed E-state index contributed by atoms with van der Waals surface area (Å²) < 4.78 is 19.4. The molecule has 1 aliphatic rings. The maximum absolute atomic E-state index is 12.5. The van der Waals surface area contributed by atoms with Gasteiger partial charge in [0.05, 0.1) is 24.2 Å². The molecule has 6 nitrogen and oxygen atoms in total. The molecule has 3 rings (SSSR count). The van der Waals surface area contributed by atoms with Crippen molar-refractivity contribution in [1.29, 1.82) is 0 Å². The predicted octanol–water partition coefficient (Wildman–Crippen LogP) is 10.9. The van der Waals surface area contributed by atoms with Crippen molar-refractivity contribution in [3.8, 4) is 0 Å². The molecule has 0 aromatic heterocycles. The molecule has 0 unspecified atom stereocenters. The Morgan fingerprint density at radius 3 is 1.48 bits per heavy atom. The quantitative estimate of drug-likeness (QED) is 0.110. The lowest BCUT2D eigenvalue weighted by Gasteiger charge is -2.46. The van der Waals surface area contributed by atoms with Crippen molar-refractivity contribution in [2.75, 3.05) is 6.61 Å². The minimum Gasteiger partial charge on any atom is -0.460 e. The van der Waals surface area contributed by atoms with E-state index in [-0.39, 0.29) is 42.7 Å². The molecule has 296 valence electrons. The van der Waals surface area contributed by atoms with E-state index in [2.05, 4.69) is 107 Å².